The summed E-state index contributed by atoms with van der Waals surface area (Å²) < 4.78 is 0. The van der Waals surface area contributed by atoms with Crippen LogP contribution in [0.4, 0.5) is 11.4 Å². The van der Waals surface area contributed by atoms with Crippen LogP contribution < -0.4 is 4.90 Å². The molecule has 0 N–H and O–H groups in total. The summed E-state index contributed by atoms with van der Waals surface area (Å²) in [5.74, 6) is -0.00219. The van der Waals surface area contributed by atoms with Gasteiger partial charge in [0.1, 0.15) is 11.1 Å². The number of pyridine rings is 1. The van der Waals surface area contributed by atoms with Crippen LogP contribution in [0.15, 0.2) is 69.4 Å². The molecule has 1 atom stereocenters. The molecule has 4 nitrogen and oxygen atoms in total. The molecule has 1 amide bonds. The Morgan fingerprint density at radius 3 is 2.33 bits per heavy atom. The van der Waals surface area contributed by atoms with Gasteiger partial charge >= 0.3 is 0 Å². The summed E-state index contributed by atoms with van der Waals surface area (Å²) >= 11 is 3.09. The van der Waals surface area contributed by atoms with Gasteiger partial charge in [0, 0.05) is 15.5 Å². The molecule has 6 heteroatoms. The summed E-state index contributed by atoms with van der Waals surface area (Å²) in [4.78, 5) is 22.7. The van der Waals surface area contributed by atoms with Crippen molar-refractivity contribution in [2.75, 3.05) is 4.90 Å². The highest BCUT2D eigenvalue weighted by Crippen LogP contribution is 2.48. The van der Waals surface area contributed by atoms with Crippen molar-refractivity contribution in [3.63, 3.8) is 0 Å². The summed E-state index contributed by atoms with van der Waals surface area (Å²) in [6.07, 6.45) is 6.66. The van der Waals surface area contributed by atoms with Gasteiger partial charge in [0.15, 0.2) is 0 Å². The van der Waals surface area contributed by atoms with Crippen LogP contribution in [0, 0.1) is 11.3 Å². The maximum absolute atomic E-state index is 13.8. The lowest BCUT2D eigenvalue weighted by Crippen LogP contribution is -2.34. The van der Waals surface area contributed by atoms with E-state index in [1.54, 1.807) is 11.8 Å². The third-order valence-electron chi connectivity index (χ3n) is 6.18. The lowest BCUT2D eigenvalue weighted by atomic mass is 9.96. The van der Waals surface area contributed by atoms with Crippen molar-refractivity contribution in [1.82, 2.24) is 4.98 Å². The molecule has 0 radical (unpaired) electrons. The molecule has 1 aliphatic heterocycles. The van der Waals surface area contributed by atoms with Gasteiger partial charge in [-0.2, -0.15) is 5.26 Å². The average Bonchev–Trinajstić information content (AvgIpc) is 2.82. The number of para-hydroxylation sites is 2. The molecule has 5 rings (SSSR count). The van der Waals surface area contributed by atoms with Crippen molar-refractivity contribution in [3.8, 4) is 6.07 Å². The Hall–Kier alpha value is -2.75. The van der Waals surface area contributed by atoms with E-state index in [4.69, 9.17) is 4.98 Å². The number of carbonyl (C=O) groups excluding carboxylic acids is 1. The van der Waals surface area contributed by atoms with Crippen LogP contribution in [0.3, 0.4) is 0 Å². The zero-order valence-electron chi connectivity index (χ0n) is 18.6. The van der Waals surface area contributed by atoms with Gasteiger partial charge in [-0.3, -0.25) is 9.69 Å². The topological polar surface area (TPSA) is 57.0 Å². The minimum atomic E-state index is -0.389. The first-order chi connectivity index (χ1) is 16.2. The van der Waals surface area contributed by atoms with Crippen LogP contribution in [-0.2, 0) is 17.6 Å². The van der Waals surface area contributed by atoms with Gasteiger partial charge in [0.2, 0.25) is 5.91 Å². The van der Waals surface area contributed by atoms with Crippen LogP contribution in [0.5, 0.6) is 0 Å². The number of fused-ring (bicyclic) bond motifs is 3. The number of aromatic nitrogens is 1. The Kier molecular flexibility index (Phi) is 6.43. The Bertz CT molecular complexity index is 1200. The van der Waals surface area contributed by atoms with Crippen LogP contribution >= 0.6 is 23.5 Å². The third-order valence-corrected chi connectivity index (χ3v) is 8.40. The summed E-state index contributed by atoms with van der Waals surface area (Å²) in [7, 11) is 0. The van der Waals surface area contributed by atoms with Gasteiger partial charge < -0.3 is 0 Å². The number of thioether (sulfide) groups is 1. The zero-order chi connectivity index (χ0) is 22.8. The zero-order valence-corrected chi connectivity index (χ0v) is 20.2. The normalized spacial score (nSPS) is 15.8. The Labute approximate surface area is 203 Å². The van der Waals surface area contributed by atoms with E-state index in [0.29, 0.717) is 10.6 Å². The summed E-state index contributed by atoms with van der Waals surface area (Å²) in [5, 5.41) is 10.1. The fraction of sp³-hybridized carbons (Fsp3) is 0.296. The average molecular weight is 472 g/mol. The first kappa shape index (κ1) is 22.1. The minimum Gasteiger partial charge on any atom is -0.278 e. The van der Waals surface area contributed by atoms with E-state index in [2.05, 4.69) is 18.2 Å². The number of anilines is 2. The van der Waals surface area contributed by atoms with Crippen LogP contribution in [0.1, 0.15) is 49.4 Å². The summed E-state index contributed by atoms with van der Waals surface area (Å²) in [6.45, 7) is 1.92. The number of nitrogens with zero attached hydrogens (tertiary/aromatic N) is 3. The van der Waals surface area contributed by atoms with Gasteiger partial charge in [-0.05, 0) is 68.5 Å². The second-order valence-corrected chi connectivity index (χ2v) is 10.9. The first-order valence-corrected chi connectivity index (χ1v) is 13.1. The van der Waals surface area contributed by atoms with E-state index in [1.807, 2.05) is 54.3 Å². The Balaban J connectivity index is 1.47. The lowest BCUT2D eigenvalue weighted by molar-refractivity contribution is -0.117. The van der Waals surface area contributed by atoms with Crippen LogP contribution in [-0.4, -0.2) is 16.1 Å². The monoisotopic (exact) mass is 471 g/mol. The molecule has 0 saturated carbocycles. The molecule has 2 aromatic carbocycles. The number of aryl methyl sites for hydroxylation is 2. The minimum absolute atomic E-state index is 0.00219. The highest BCUT2D eigenvalue weighted by atomic mass is 32.2. The molecule has 2 heterocycles. The molecule has 0 fully saturated rings. The highest BCUT2D eigenvalue weighted by molar-refractivity contribution is 8.00. The van der Waals surface area contributed by atoms with Crippen LogP contribution in [0.2, 0.25) is 0 Å². The van der Waals surface area contributed by atoms with E-state index in [0.717, 1.165) is 52.5 Å². The second-order valence-electron chi connectivity index (χ2n) is 8.44. The molecular weight excluding hydrogens is 446 g/mol. The lowest BCUT2D eigenvalue weighted by Gasteiger charge is -2.32. The van der Waals surface area contributed by atoms with Crippen molar-refractivity contribution >= 4 is 40.8 Å². The fourth-order valence-electron chi connectivity index (χ4n) is 4.48. The van der Waals surface area contributed by atoms with Crippen LogP contribution in [0.25, 0.3) is 0 Å². The fourth-order valence-corrected chi connectivity index (χ4v) is 6.47. The molecule has 3 aromatic rings. The predicted octanol–water partition coefficient (Wildman–Crippen LogP) is 6.92. The van der Waals surface area contributed by atoms with Crippen molar-refractivity contribution < 1.29 is 4.79 Å². The van der Waals surface area contributed by atoms with E-state index < -0.39 is 0 Å². The summed E-state index contributed by atoms with van der Waals surface area (Å²) in [6, 6.07) is 20.4. The molecule has 166 valence electrons. The number of hydrogen-bond acceptors (Lipinski definition) is 5. The quantitative estimate of drug-likeness (QED) is 0.388. The van der Waals surface area contributed by atoms with Gasteiger partial charge in [-0.15, -0.1) is 0 Å². The molecule has 1 aromatic heterocycles. The SMILES string of the molecule is CC(Sc1nc2c(cc1C#N)CCCCCC2)C(=O)N1c2ccccc2Sc2ccccc21. The number of nitriles is 1. The maximum Gasteiger partial charge on any atom is 0.244 e. The number of benzene rings is 2. The predicted molar refractivity (Wildman–Crippen MR) is 134 cm³/mol. The second kappa shape index (κ2) is 9.62. The van der Waals surface area contributed by atoms with E-state index in [9.17, 15) is 10.1 Å². The van der Waals surface area contributed by atoms with Gasteiger partial charge in [-0.1, -0.05) is 60.6 Å². The molecule has 33 heavy (non-hydrogen) atoms. The van der Waals surface area contributed by atoms with Gasteiger partial charge in [0.05, 0.1) is 22.2 Å². The van der Waals surface area contributed by atoms with E-state index >= 15 is 0 Å². The molecule has 1 unspecified atom stereocenters. The number of hydrogen-bond donors (Lipinski definition) is 0. The smallest absolute Gasteiger partial charge is 0.244 e. The molecule has 0 spiro atoms. The number of amides is 1. The summed E-state index contributed by atoms with van der Waals surface area (Å²) in [5.41, 5.74) is 4.69. The largest absolute Gasteiger partial charge is 0.278 e. The Morgan fingerprint density at radius 2 is 1.67 bits per heavy atom. The molecule has 2 aliphatic rings. The highest BCUT2D eigenvalue weighted by Gasteiger charge is 2.31. The molecule has 0 saturated heterocycles. The third kappa shape index (κ3) is 4.40. The Morgan fingerprint density at radius 1 is 1.03 bits per heavy atom. The van der Waals surface area contributed by atoms with Gasteiger partial charge in [-0.25, -0.2) is 4.98 Å². The first-order valence-electron chi connectivity index (χ1n) is 11.4. The van der Waals surface area contributed by atoms with Crippen molar-refractivity contribution in [3.05, 3.63) is 71.4 Å². The van der Waals surface area contributed by atoms with E-state index in [-0.39, 0.29) is 11.2 Å². The number of carbonyl (C=O) groups is 1. The van der Waals surface area contributed by atoms with E-state index in [1.165, 1.54) is 30.2 Å². The number of rotatable bonds is 3. The molecular formula is C27H25N3OS2. The molecule has 1 aliphatic carbocycles. The van der Waals surface area contributed by atoms with Crippen molar-refractivity contribution in [2.45, 2.75) is 65.5 Å². The standard InChI is InChI=1S/C27H25N3OS2/c1-18(32-26-20(17-28)16-19-10-4-2-3-5-11-21(19)29-26)27(31)30-22-12-6-8-14-24(22)33-25-15-9-7-13-23(25)30/h6-9,12-16,18H,2-5,10-11H2,1H3. The maximum atomic E-state index is 13.8. The van der Waals surface area contributed by atoms with Gasteiger partial charge in [0.25, 0.3) is 0 Å². The van der Waals surface area contributed by atoms with Crippen molar-refractivity contribution in [1.29, 1.82) is 5.26 Å². The molecule has 0 bridgehead atoms. The van der Waals surface area contributed by atoms with Crippen molar-refractivity contribution in [2.24, 2.45) is 0 Å².